The van der Waals surface area contributed by atoms with Crippen LogP contribution < -0.4 is 5.32 Å². The number of rotatable bonds is 2. The minimum atomic E-state index is 0.413. The summed E-state index contributed by atoms with van der Waals surface area (Å²) in [7, 11) is 0. The summed E-state index contributed by atoms with van der Waals surface area (Å²) in [4.78, 5) is 8.19. The summed E-state index contributed by atoms with van der Waals surface area (Å²) in [6.45, 7) is 0. The molecule has 5 heteroatoms. The zero-order valence-electron chi connectivity index (χ0n) is 8.31. The molecule has 2 rings (SSSR count). The number of anilines is 1. The van der Waals surface area contributed by atoms with Crippen molar-refractivity contribution in [3.63, 3.8) is 0 Å². The fourth-order valence-corrected chi connectivity index (χ4v) is 2.60. The molecule has 0 radical (unpaired) electrons. The number of hydrogen-bond donors (Lipinski definition) is 1. The van der Waals surface area contributed by atoms with Gasteiger partial charge in [-0.25, -0.2) is 9.97 Å². The van der Waals surface area contributed by atoms with E-state index in [2.05, 4.69) is 15.3 Å². The van der Waals surface area contributed by atoms with Gasteiger partial charge in [0.25, 0.3) is 0 Å². The minimum absolute atomic E-state index is 0.413. The molecule has 1 aromatic rings. The normalized spacial score (nSPS) is 20.6. The number of hydrogen-bond acceptors (Lipinski definition) is 5. The average molecular weight is 220 g/mol. The Kier molecular flexibility index (Phi) is 3.41. The second kappa shape index (κ2) is 4.99. The van der Waals surface area contributed by atoms with E-state index in [1.165, 1.54) is 12.2 Å². The maximum atomic E-state index is 8.70. The van der Waals surface area contributed by atoms with Gasteiger partial charge in [0.15, 0.2) is 0 Å². The summed E-state index contributed by atoms with van der Waals surface area (Å²) < 4.78 is 0. The van der Waals surface area contributed by atoms with Gasteiger partial charge < -0.3 is 5.32 Å². The highest BCUT2D eigenvalue weighted by Crippen LogP contribution is 2.19. The molecule has 0 aromatic carbocycles. The highest BCUT2D eigenvalue weighted by atomic mass is 32.2. The molecule has 15 heavy (non-hydrogen) atoms. The first kappa shape index (κ1) is 10.2. The first-order valence-corrected chi connectivity index (χ1v) is 6.11. The molecule has 1 fully saturated rings. The molecule has 1 N–H and O–H groups in total. The van der Waals surface area contributed by atoms with E-state index in [1.807, 2.05) is 17.8 Å². The standard InChI is InChI=1S/C10H12N4S/c11-6-8-3-4-12-10(13-8)14-9-2-1-5-15-7-9/h3-4,9H,1-2,5,7H2,(H,12,13,14). The van der Waals surface area contributed by atoms with Crippen LogP contribution in [0.4, 0.5) is 5.95 Å². The topological polar surface area (TPSA) is 61.6 Å². The van der Waals surface area contributed by atoms with Crippen molar-refractivity contribution >= 4 is 17.7 Å². The molecule has 1 aliphatic rings. The van der Waals surface area contributed by atoms with Crippen molar-refractivity contribution in [1.29, 1.82) is 5.26 Å². The molecule has 0 spiro atoms. The highest BCUT2D eigenvalue weighted by Gasteiger charge is 2.14. The van der Waals surface area contributed by atoms with Crippen LogP contribution in [0.2, 0.25) is 0 Å². The van der Waals surface area contributed by atoms with Crippen LogP contribution in [0.15, 0.2) is 12.3 Å². The van der Waals surface area contributed by atoms with E-state index in [-0.39, 0.29) is 0 Å². The molecule has 4 nitrogen and oxygen atoms in total. The Morgan fingerprint density at radius 1 is 1.60 bits per heavy atom. The Bertz CT molecular complexity index is 368. The van der Waals surface area contributed by atoms with Crippen molar-refractivity contribution < 1.29 is 0 Å². The molecule has 0 saturated carbocycles. The van der Waals surface area contributed by atoms with Gasteiger partial charge in [0.1, 0.15) is 11.8 Å². The SMILES string of the molecule is N#Cc1ccnc(NC2CCCSC2)n1. The van der Waals surface area contributed by atoms with Crippen LogP contribution in [0.1, 0.15) is 18.5 Å². The van der Waals surface area contributed by atoms with E-state index in [1.54, 1.807) is 12.3 Å². The van der Waals surface area contributed by atoms with Gasteiger partial charge in [0.2, 0.25) is 5.95 Å². The third kappa shape index (κ3) is 2.83. The smallest absolute Gasteiger partial charge is 0.224 e. The lowest BCUT2D eigenvalue weighted by Gasteiger charge is -2.22. The molecule has 0 amide bonds. The quantitative estimate of drug-likeness (QED) is 0.821. The molecule has 1 aromatic heterocycles. The number of nitrogens with zero attached hydrogens (tertiary/aromatic N) is 3. The average Bonchev–Trinajstić information content (AvgIpc) is 2.31. The molecule has 1 atom stereocenters. The molecule has 0 bridgehead atoms. The lowest BCUT2D eigenvalue weighted by Crippen LogP contribution is -2.26. The maximum Gasteiger partial charge on any atom is 0.224 e. The van der Waals surface area contributed by atoms with Gasteiger partial charge >= 0.3 is 0 Å². The first-order valence-electron chi connectivity index (χ1n) is 4.96. The lowest BCUT2D eigenvalue weighted by molar-refractivity contribution is 0.678. The van der Waals surface area contributed by atoms with Crippen LogP contribution in [-0.4, -0.2) is 27.5 Å². The van der Waals surface area contributed by atoms with Crippen LogP contribution >= 0.6 is 11.8 Å². The summed E-state index contributed by atoms with van der Waals surface area (Å²) in [6.07, 6.45) is 4.01. The molecular formula is C10H12N4S. The van der Waals surface area contributed by atoms with Gasteiger partial charge in [-0.15, -0.1) is 0 Å². The third-order valence-corrected chi connectivity index (χ3v) is 3.48. The largest absolute Gasteiger partial charge is 0.351 e. The fourth-order valence-electron chi connectivity index (χ4n) is 1.53. The third-order valence-electron chi connectivity index (χ3n) is 2.26. The van der Waals surface area contributed by atoms with E-state index in [4.69, 9.17) is 5.26 Å². The van der Waals surface area contributed by atoms with Crippen LogP contribution in [0.5, 0.6) is 0 Å². The summed E-state index contributed by atoms with van der Waals surface area (Å²) in [6, 6.07) is 4.06. The van der Waals surface area contributed by atoms with Crippen molar-refractivity contribution in [2.45, 2.75) is 18.9 Å². The van der Waals surface area contributed by atoms with E-state index in [9.17, 15) is 0 Å². The van der Waals surface area contributed by atoms with Gasteiger partial charge in [0.05, 0.1) is 0 Å². The van der Waals surface area contributed by atoms with Crippen molar-refractivity contribution in [1.82, 2.24) is 9.97 Å². The van der Waals surface area contributed by atoms with Crippen molar-refractivity contribution in [2.24, 2.45) is 0 Å². The second-order valence-corrected chi connectivity index (χ2v) is 4.59. The first-order chi connectivity index (χ1) is 7.38. The van der Waals surface area contributed by atoms with Crippen LogP contribution in [0, 0.1) is 11.3 Å². The number of aromatic nitrogens is 2. The van der Waals surface area contributed by atoms with E-state index in [0.29, 0.717) is 17.7 Å². The van der Waals surface area contributed by atoms with Crippen LogP contribution in [-0.2, 0) is 0 Å². The van der Waals surface area contributed by atoms with Crippen molar-refractivity contribution in [3.05, 3.63) is 18.0 Å². The van der Waals surface area contributed by atoms with Gasteiger partial charge in [-0.1, -0.05) is 0 Å². The van der Waals surface area contributed by atoms with Crippen LogP contribution in [0.25, 0.3) is 0 Å². The molecule has 1 unspecified atom stereocenters. The minimum Gasteiger partial charge on any atom is -0.351 e. The monoisotopic (exact) mass is 220 g/mol. The molecule has 0 aliphatic carbocycles. The van der Waals surface area contributed by atoms with E-state index < -0.39 is 0 Å². The zero-order valence-corrected chi connectivity index (χ0v) is 9.13. The molecule has 78 valence electrons. The van der Waals surface area contributed by atoms with Crippen molar-refractivity contribution in [2.75, 3.05) is 16.8 Å². The second-order valence-electron chi connectivity index (χ2n) is 3.44. The lowest BCUT2D eigenvalue weighted by atomic mass is 10.2. The summed E-state index contributed by atoms with van der Waals surface area (Å²) in [5, 5.41) is 12.0. The van der Waals surface area contributed by atoms with E-state index >= 15 is 0 Å². The Hall–Kier alpha value is -1.28. The molecule has 2 heterocycles. The van der Waals surface area contributed by atoms with Gasteiger partial charge in [-0.2, -0.15) is 17.0 Å². The van der Waals surface area contributed by atoms with E-state index in [0.717, 1.165) is 12.2 Å². The highest BCUT2D eigenvalue weighted by molar-refractivity contribution is 7.99. The van der Waals surface area contributed by atoms with Gasteiger partial charge in [-0.05, 0) is 24.7 Å². The predicted molar refractivity (Wildman–Crippen MR) is 60.7 cm³/mol. The van der Waals surface area contributed by atoms with Gasteiger partial charge in [-0.3, -0.25) is 0 Å². The Morgan fingerprint density at radius 3 is 3.27 bits per heavy atom. The zero-order chi connectivity index (χ0) is 10.5. The summed E-state index contributed by atoms with van der Waals surface area (Å²) in [5.74, 6) is 2.92. The summed E-state index contributed by atoms with van der Waals surface area (Å²) in [5.41, 5.74) is 0.413. The Labute approximate surface area is 93.1 Å². The number of nitriles is 1. The van der Waals surface area contributed by atoms with Crippen molar-refractivity contribution in [3.8, 4) is 6.07 Å². The molecular weight excluding hydrogens is 208 g/mol. The maximum absolute atomic E-state index is 8.70. The number of thioether (sulfide) groups is 1. The predicted octanol–water partition coefficient (Wildman–Crippen LogP) is 1.66. The summed E-state index contributed by atoms with van der Waals surface area (Å²) >= 11 is 1.95. The number of nitrogens with one attached hydrogen (secondary N) is 1. The Morgan fingerprint density at radius 2 is 2.53 bits per heavy atom. The molecule has 1 aliphatic heterocycles. The molecule has 1 saturated heterocycles. The van der Waals surface area contributed by atoms with Crippen LogP contribution in [0.3, 0.4) is 0 Å². The van der Waals surface area contributed by atoms with Gasteiger partial charge in [0, 0.05) is 18.0 Å². The Balaban J connectivity index is 2.00. The fraction of sp³-hybridized carbons (Fsp3) is 0.500.